The van der Waals surface area contributed by atoms with Crippen LogP contribution in [0, 0.1) is 5.95 Å². The number of ether oxygens (including phenoxy) is 1. The molecule has 1 aliphatic rings. The first-order valence-electron chi connectivity index (χ1n) is 9.18. The van der Waals surface area contributed by atoms with Gasteiger partial charge < -0.3 is 9.64 Å². The molecule has 28 heavy (non-hydrogen) atoms. The number of methoxy groups -OCH3 is 1. The Kier molecular flexibility index (Phi) is 4.82. The van der Waals surface area contributed by atoms with Gasteiger partial charge >= 0.3 is 6.09 Å². The van der Waals surface area contributed by atoms with Crippen molar-refractivity contribution in [3.05, 3.63) is 88.5 Å². The van der Waals surface area contributed by atoms with E-state index in [9.17, 15) is 9.18 Å². The van der Waals surface area contributed by atoms with E-state index in [0.717, 1.165) is 23.1 Å². The molecule has 4 rings (SSSR count). The molecule has 0 saturated heterocycles. The predicted octanol–water partition coefficient (Wildman–Crippen LogP) is 4.58. The van der Waals surface area contributed by atoms with E-state index in [1.165, 1.54) is 41.6 Å². The van der Waals surface area contributed by atoms with Crippen LogP contribution < -0.4 is 0 Å². The lowest BCUT2D eigenvalue weighted by atomic mass is 9.91. The largest absolute Gasteiger partial charge is 0.453 e. The number of rotatable bonds is 4. The second-order valence-electron chi connectivity index (χ2n) is 7.05. The number of nitrogens with zero attached hydrogens (tertiary/aromatic N) is 2. The molecule has 5 heteroatoms. The summed E-state index contributed by atoms with van der Waals surface area (Å²) in [7, 11) is 3.09. The number of aromatic nitrogens is 1. The van der Waals surface area contributed by atoms with Crippen molar-refractivity contribution >= 4 is 6.09 Å². The fourth-order valence-corrected chi connectivity index (χ4v) is 3.92. The Hall–Kier alpha value is -3.21. The molecule has 0 atom stereocenters. The van der Waals surface area contributed by atoms with Gasteiger partial charge in [0.1, 0.15) is 0 Å². The molecule has 0 aliphatic heterocycles. The maximum Gasteiger partial charge on any atom is 0.409 e. The predicted molar refractivity (Wildman–Crippen MR) is 106 cm³/mol. The van der Waals surface area contributed by atoms with Gasteiger partial charge in [0, 0.05) is 19.8 Å². The van der Waals surface area contributed by atoms with Crippen LogP contribution in [-0.4, -0.2) is 30.1 Å². The van der Waals surface area contributed by atoms with Gasteiger partial charge in [0.25, 0.3) is 0 Å². The standard InChI is InChI=1S/C23H21FN2O2/c1-26(23(27)28-2)14-17-7-8-19-18-6-4-3-5-16(18)13-21(19)20(17)11-15-9-10-25-22(24)12-15/h3-10,12H,11,13-14H2,1-2H3. The monoisotopic (exact) mass is 376 g/mol. The zero-order valence-electron chi connectivity index (χ0n) is 15.9. The minimum atomic E-state index is -0.485. The normalized spacial score (nSPS) is 11.7. The topological polar surface area (TPSA) is 42.4 Å². The van der Waals surface area contributed by atoms with Gasteiger partial charge in [-0.05, 0) is 63.9 Å². The quantitative estimate of drug-likeness (QED) is 0.490. The molecule has 3 aromatic rings. The Morgan fingerprint density at radius 3 is 2.79 bits per heavy atom. The highest BCUT2D eigenvalue weighted by Gasteiger charge is 2.24. The minimum Gasteiger partial charge on any atom is -0.453 e. The fourth-order valence-electron chi connectivity index (χ4n) is 3.92. The SMILES string of the molecule is COC(=O)N(C)Cc1ccc2c(c1Cc1ccnc(F)c1)Cc1ccccc1-2. The van der Waals surface area contributed by atoms with Crippen LogP contribution in [-0.2, 0) is 24.1 Å². The van der Waals surface area contributed by atoms with Crippen LogP contribution in [0.25, 0.3) is 11.1 Å². The van der Waals surface area contributed by atoms with Gasteiger partial charge in [-0.25, -0.2) is 9.78 Å². The number of halogens is 1. The average Bonchev–Trinajstić information content (AvgIpc) is 3.08. The lowest BCUT2D eigenvalue weighted by Gasteiger charge is -2.20. The van der Waals surface area contributed by atoms with Gasteiger partial charge in [-0.3, -0.25) is 0 Å². The van der Waals surface area contributed by atoms with E-state index in [-0.39, 0.29) is 6.09 Å². The summed E-state index contributed by atoms with van der Waals surface area (Å²) in [5.74, 6) is -0.485. The van der Waals surface area contributed by atoms with Crippen LogP contribution in [0.3, 0.4) is 0 Å². The summed E-state index contributed by atoms with van der Waals surface area (Å²) in [6, 6.07) is 15.9. The van der Waals surface area contributed by atoms with Crippen LogP contribution in [0.2, 0.25) is 0 Å². The molecule has 0 radical (unpaired) electrons. The number of hydrogen-bond donors (Lipinski definition) is 0. The van der Waals surface area contributed by atoms with Crippen LogP contribution >= 0.6 is 0 Å². The second-order valence-corrected chi connectivity index (χ2v) is 7.05. The first kappa shape index (κ1) is 18.2. The third-order valence-corrected chi connectivity index (χ3v) is 5.27. The van der Waals surface area contributed by atoms with Gasteiger partial charge in [0.05, 0.1) is 7.11 Å². The van der Waals surface area contributed by atoms with E-state index >= 15 is 0 Å². The van der Waals surface area contributed by atoms with Gasteiger partial charge in [-0.1, -0.05) is 36.4 Å². The number of carbonyl (C=O) groups excluding carboxylic acids is 1. The molecule has 1 heterocycles. The van der Waals surface area contributed by atoms with Crippen molar-refractivity contribution in [2.24, 2.45) is 0 Å². The van der Waals surface area contributed by atoms with E-state index in [1.54, 1.807) is 11.9 Å². The Morgan fingerprint density at radius 1 is 1.18 bits per heavy atom. The Bertz CT molecular complexity index is 1050. The van der Waals surface area contributed by atoms with Gasteiger partial charge in [0.2, 0.25) is 5.95 Å². The summed E-state index contributed by atoms with van der Waals surface area (Å²) in [5, 5.41) is 0. The molecule has 0 N–H and O–H groups in total. The Labute approximate surface area is 163 Å². The summed E-state index contributed by atoms with van der Waals surface area (Å²) in [4.78, 5) is 17.1. The Balaban J connectivity index is 1.78. The highest BCUT2D eigenvalue weighted by atomic mass is 19.1. The summed E-state index contributed by atoms with van der Waals surface area (Å²) in [6.07, 6.45) is 2.53. The van der Waals surface area contributed by atoms with Crippen molar-refractivity contribution in [1.82, 2.24) is 9.88 Å². The molecule has 0 spiro atoms. The van der Waals surface area contributed by atoms with Crippen molar-refractivity contribution in [1.29, 1.82) is 0 Å². The highest BCUT2D eigenvalue weighted by molar-refractivity contribution is 5.79. The second kappa shape index (κ2) is 7.43. The molecule has 142 valence electrons. The van der Waals surface area contributed by atoms with Crippen LogP contribution in [0.1, 0.15) is 27.8 Å². The highest BCUT2D eigenvalue weighted by Crippen LogP contribution is 2.40. The summed E-state index contributed by atoms with van der Waals surface area (Å²) < 4.78 is 18.5. The number of amides is 1. The minimum absolute atomic E-state index is 0.385. The number of fused-ring (bicyclic) bond motifs is 3. The van der Waals surface area contributed by atoms with Crippen molar-refractivity contribution in [2.75, 3.05) is 14.2 Å². The van der Waals surface area contributed by atoms with Gasteiger partial charge in [-0.2, -0.15) is 4.39 Å². The molecule has 0 fully saturated rings. The van der Waals surface area contributed by atoms with Crippen molar-refractivity contribution in [2.45, 2.75) is 19.4 Å². The fraction of sp³-hybridized carbons (Fsp3) is 0.217. The number of hydrogen-bond acceptors (Lipinski definition) is 3. The molecular weight excluding hydrogens is 355 g/mol. The molecule has 4 nitrogen and oxygen atoms in total. The molecule has 1 aromatic heterocycles. The molecule has 0 bridgehead atoms. The van der Waals surface area contributed by atoms with E-state index in [1.807, 2.05) is 12.1 Å². The maximum absolute atomic E-state index is 13.6. The lowest BCUT2D eigenvalue weighted by molar-refractivity contribution is 0.131. The summed E-state index contributed by atoms with van der Waals surface area (Å²) in [6.45, 7) is 0.430. The lowest BCUT2D eigenvalue weighted by Crippen LogP contribution is -2.26. The van der Waals surface area contributed by atoms with Gasteiger partial charge in [-0.15, -0.1) is 0 Å². The number of carbonyl (C=O) groups is 1. The van der Waals surface area contributed by atoms with Crippen molar-refractivity contribution in [3.63, 3.8) is 0 Å². The van der Waals surface area contributed by atoms with Gasteiger partial charge in [0.15, 0.2) is 0 Å². The van der Waals surface area contributed by atoms with Crippen molar-refractivity contribution in [3.8, 4) is 11.1 Å². The van der Waals surface area contributed by atoms with E-state index in [4.69, 9.17) is 4.74 Å². The maximum atomic E-state index is 13.6. The van der Waals surface area contributed by atoms with Crippen molar-refractivity contribution < 1.29 is 13.9 Å². The zero-order chi connectivity index (χ0) is 19.7. The summed E-state index contributed by atoms with van der Waals surface area (Å²) >= 11 is 0. The van der Waals surface area contributed by atoms with E-state index in [2.05, 4.69) is 35.3 Å². The van der Waals surface area contributed by atoms with E-state index < -0.39 is 5.95 Å². The third-order valence-electron chi connectivity index (χ3n) is 5.27. The number of benzene rings is 2. The first-order valence-corrected chi connectivity index (χ1v) is 9.18. The summed E-state index contributed by atoms with van der Waals surface area (Å²) in [5.41, 5.74) is 8.02. The average molecular weight is 376 g/mol. The molecule has 0 saturated carbocycles. The number of pyridine rings is 1. The third kappa shape index (κ3) is 3.36. The smallest absolute Gasteiger partial charge is 0.409 e. The van der Waals surface area contributed by atoms with E-state index in [0.29, 0.717) is 13.0 Å². The first-order chi connectivity index (χ1) is 13.6. The zero-order valence-corrected chi connectivity index (χ0v) is 15.9. The molecule has 1 aliphatic carbocycles. The molecular formula is C23H21FN2O2. The van der Waals surface area contributed by atoms with Crippen LogP contribution in [0.5, 0.6) is 0 Å². The Morgan fingerprint density at radius 2 is 2.00 bits per heavy atom. The molecule has 2 aromatic carbocycles. The molecule has 1 amide bonds. The van der Waals surface area contributed by atoms with Crippen LogP contribution in [0.4, 0.5) is 9.18 Å². The van der Waals surface area contributed by atoms with Crippen LogP contribution in [0.15, 0.2) is 54.7 Å². The molecule has 0 unspecified atom stereocenters.